The Morgan fingerprint density at radius 2 is 1.60 bits per heavy atom. The molecule has 2 aromatic rings. The van der Waals surface area contributed by atoms with E-state index in [0.717, 1.165) is 52.7 Å². The molecule has 0 unspecified atom stereocenters. The summed E-state index contributed by atoms with van der Waals surface area (Å²) in [6.45, 7) is 10.0. The molecule has 158 valence electrons. The van der Waals surface area contributed by atoms with Crippen LogP contribution in [0.2, 0.25) is 0 Å². The molecule has 0 spiro atoms. The molecule has 1 aromatic heterocycles. The van der Waals surface area contributed by atoms with Gasteiger partial charge in [-0.15, -0.1) is 0 Å². The predicted molar refractivity (Wildman–Crippen MR) is 122 cm³/mol. The quantitative estimate of drug-likeness (QED) is 0.515. The maximum absolute atomic E-state index is 16.2. The highest BCUT2D eigenvalue weighted by Gasteiger charge is 2.56. The third kappa shape index (κ3) is 2.50. The highest BCUT2D eigenvalue weighted by molar-refractivity contribution is 6.58. The topological polar surface area (TPSA) is 7.94 Å². The molecule has 2 nitrogen and oxygen atoms in total. The van der Waals surface area contributed by atoms with Crippen LogP contribution in [0.3, 0.4) is 0 Å². The van der Waals surface area contributed by atoms with Crippen LogP contribution in [0.5, 0.6) is 0 Å². The van der Waals surface area contributed by atoms with Gasteiger partial charge < -0.3 is 17.6 Å². The molecule has 0 N–H and O–H groups in total. The fourth-order valence-electron chi connectivity index (χ4n) is 5.81. The van der Waals surface area contributed by atoms with Gasteiger partial charge >= 0.3 is 6.97 Å². The summed E-state index contributed by atoms with van der Waals surface area (Å²) in [5, 5.41) is 0. The summed E-state index contributed by atoms with van der Waals surface area (Å²) in [4.78, 5) is 0. The summed E-state index contributed by atoms with van der Waals surface area (Å²) >= 11 is 0. The van der Waals surface area contributed by atoms with Crippen LogP contribution in [0, 0.1) is 13.8 Å². The number of aryl methyl sites for hydroxylation is 1. The first-order valence-electron chi connectivity index (χ1n) is 11.1. The first kappa shape index (κ1) is 20.8. The zero-order valence-electron chi connectivity index (χ0n) is 19.2. The second-order valence-corrected chi connectivity index (χ2v) is 8.50. The lowest BCUT2D eigenvalue weighted by Crippen LogP contribution is -2.51. The van der Waals surface area contributed by atoms with Crippen LogP contribution in [0.25, 0.3) is 5.57 Å². The molecule has 2 aliphatic heterocycles. The van der Waals surface area contributed by atoms with E-state index in [-0.39, 0.29) is 0 Å². The normalized spacial score (nSPS) is 17.8. The van der Waals surface area contributed by atoms with E-state index in [1.807, 2.05) is 39.8 Å². The van der Waals surface area contributed by atoms with Gasteiger partial charge in [0.2, 0.25) is 0 Å². The molecule has 0 amide bonds. The Bertz CT molecular complexity index is 1160. The molecule has 30 heavy (non-hydrogen) atoms. The van der Waals surface area contributed by atoms with Crippen LogP contribution in [0.1, 0.15) is 74.7 Å². The Morgan fingerprint density at radius 3 is 2.20 bits per heavy atom. The average molecular weight is 408 g/mol. The Hall–Kier alpha value is -2.43. The maximum Gasteiger partial charge on any atom is 0.737 e. The van der Waals surface area contributed by atoms with E-state index in [1.54, 1.807) is 0 Å². The number of fused-ring (bicyclic) bond motifs is 2. The Balaban J connectivity index is 2.26. The summed E-state index contributed by atoms with van der Waals surface area (Å²) in [6.07, 6.45) is 2.36. The summed E-state index contributed by atoms with van der Waals surface area (Å²) < 4.78 is 35.1. The van der Waals surface area contributed by atoms with E-state index in [2.05, 4.69) is 32.9 Å². The number of hydrogen-bond acceptors (Lipinski definition) is 0. The highest BCUT2D eigenvalue weighted by atomic mass is 19.2. The monoisotopic (exact) mass is 408 g/mol. The molecule has 5 heteroatoms. The van der Waals surface area contributed by atoms with Gasteiger partial charge in [-0.25, -0.2) is 0 Å². The molecule has 0 bridgehead atoms. The Morgan fingerprint density at radius 1 is 0.933 bits per heavy atom. The van der Waals surface area contributed by atoms with Crippen LogP contribution in [-0.2, 0) is 12.8 Å². The summed E-state index contributed by atoms with van der Waals surface area (Å²) in [7, 11) is 0. The lowest BCUT2D eigenvalue weighted by atomic mass is 9.82. The number of halogens is 2. The molecule has 0 aliphatic carbocycles. The summed E-state index contributed by atoms with van der Waals surface area (Å²) in [6, 6.07) is 8.27. The van der Waals surface area contributed by atoms with Crippen LogP contribution in [-0.4, -0.2) is 21.6 Å². The van der Waals surface area contributed by atoms with Crippen molar-refractivity contribution < 1.29 is 13.1 Å². The lowest BCUT2D eigenvalue weighted by Gasteiger charge is -2.34. The van der Waals surface area contributed by atoms with Crippen molar-refractivity contribution in [3.63, 3.8) is 0 Å². The molecular weight excluding hydrogens is 377 g/mol. The zero-order chi connectivity index (χ0) is 22.0. The number of hydrogen-bond donors (Lipinski definition) is 0. The van der Waals surface area contributed by atoms with E-state index in [4.69, 9.17) is 0 Å². The Kier molecular flexibility index (Phi) is 4.91. The number of benzene rings is 1. The van der Waals surface area contributed by atoms with Gasteiger partial charge in [-0.3, -0.25) is 0 Å². The largest absolute Gasteiger partial charge is 0.737 e. The van der Waals surface area contributed by atoms with E-state index >= 15 is 8.63 Å². The van der Waals surface area contributed by atoms with Gasteiger partial charge in [0.15, 0.2) is 5.70 Å². The Labute approximate surface area is 178 Å². The molecule has 2 aliphatic rings. The van der Waals surface area contributed by atoms with Gasteiger partial charge in [-0.2, -0.15) is 0 Å². The van der Waals surface area contributed by atoms with Crippen molar-refractivity contribution in [1.82, 2.24) is 4.48 Å². The number of aromatic nitrogens is 1. The fourth-order valence-corrected chi connectivity index (χ4v) is 5.81. The highest BCUT2D eigenvalue weighted by Crippen LogP contribution is 2.47. The van der Waals surface area contributed by atoms with Crippen molar-refractivity contribution in [2.75, 3.05) is 0 Å². The SMILES string of the molecule is CCC1=C(C)C2=C(c3ccccc3CC)c3c(C)c(CC)c(C)n3[B-](F)(F)[N+]2=C1C. The smallest absolute Gasteiger partial charge is 0.393 e. The van der Waals surface area contributed by atoms with Crippen LogP contribution in [0.15, 0.2) is 41.1 Å². The molecule has 0 atom stereocenters. The number of rotatable bonds is 4. The second-order valence-electron chi connectivity index (χ2n) is 8.50. The minimum Gasteiger partial charge on any atom is -0.393 e. The van der Waals surface area contributed by atoms with Crippen molar-refractivity contribution in [2.45, 2.75) is 67.7 Å². The third-order valence-electron chi connectivity index (χ3n) is 7.16. The van der Waals surface area contributed by atoms with Crippen molar-refractivity contribution >= 4 is 18.3 Å². The third-order valence-corrected chi connectivity index (χ3v) is 7.16. The minimum atomic E-state index is -3.96. The van der Waals surface area contributed by atoms with E-state index in [9.17, 15) is 0 Å². The van der Waals surface area contributed by atoms with Gasteiger partial charge in [0.25, 0.3) is 0 Å². The lowest BCUT2D eigenvalue weighted by molar-refractivity contribution is -0.363. The van der Waals surface area contributed by atoms with Crippen LogP contribution < -0.4 is 0 Å². The second kappa shape index (κ2) is 7.07. The molecule has 0 radical (unpaired) electrons. The maximum atomic E-state index is 16.2. The number of nitrogens with zero attached hydrogens (tertiary/aromatic N) is 2. The van der Waals surface area contributed by atoms with Crippen molar-refractivity contribution in [2.24, 2.45) is 0 Å². The van der Waals surface area contributed by atoms with Gasteiger partial charge in [0.05, 0.1) is 5.57 Å². The van der Waals surface area contributed by atoms with Crippen molar-refractivity contribution in [3.05, 3.63) is 74.8 Å². The molecule has 0 saturated heterocycles. The van der Waals surface area contributed by atoms with Crippen LogP contribution in [0.4, 0.5) is 8.63 Å². The van der Waals surface area contributed by atoms with Gasteiger partial charge in [-0.1, -0.05) is 45.0 Å². The van der Waals surface area contributed by atoms with Gasteiger partial charge in [0, 0.05) is 23.8 Å². The molecule has 1 aromatic carbocycles. The van der Waals surface area contributed by atoms with E-state index in [0.29, 0.717) is 22.8 Å². The predicted octanol–water partition coefficient (Wildman–Crippen LogP) is 6.44. The zero-order valence-corrected chi connectivity index (χ0v) is 19.2. The fraction of sp³-hybridized carbons (Fsp3) is 0.400. The van der Waals surface area contributed by atoms with E-state index < -0.39 is 6.97 Å². The molecular formula is C25H31BF2N2. The van der Waals surface area contributed by atoms with Crippen molar-refractivity contribution in [3.8, 4) is 0 Å². The van der Waals surface area contributed by atoms with Gasteiger partial charge in [0.1, 0.15) is 5.71 Å². The standard InChI is InChI=1S/C25H31BF2N2/c1-8-19-13-11-12-14-22(19)23-24-15(4)20(9-2)17(6)29(24)26(27,28)30-18(7)21(10-3)16(5)25(23)30/h11-14H,8-10H2,1-7H3. The molecule has 0 fully saturated rings. The molecule has 4 rings (SSSR count). The molecule has 3 heterocycles. The number of allylic oxidation sites excluding steroid dienone is 2. The summed E-state index contributed by atoms with van der Waals surface area (Å²) in [5.74, 6) is 0. The minimum absolute atomic E-state index is 0.691. The average Bonchev–Trinajstić information content (AvgIpc) is 3.13. The summed E-state index contributed by atoms with van der Waals surface area (Å²) in [5.41, 5.74) is 10.0. The van der Waals surface area contributed by atoms with Crippen molar-refractivity contribution in [1.29, 1.82) is 0 Å². The molecule has 0 saturated carbocycles. The first-order valence-corrected chi connectivity index (χ1v) is 11.1. The van der Waals surface area contributed by atoms with Crippen LogP contribution >= 0.6 is 0 Å². The van der Waals surface area contributed by atoms with Gasteiger partial charge in [-0.05, 0) is 68.0 Å². The first-order chi connectivity index (χ1) is 14.2. The van der Waals surface area contributed by atoms with E-state index in [1.165, 1.54) is 14.5 Å².